The Bertz CT molecular complexity index is 147. The van der Waals surface area contributed by atoms with Crippen molar-refractivity contribution in [2.45, 2.75) is 27.2 Å². The first kappa shape index (κ1) is 9.96. The lowest BCUT2D eigenvalue weighted by atomic mass is 9.63. The molecule has 12 heavy (non-hydrogen) atoms. The maximum absolute atomic E-state index is 5.27. The van der Waals surface area contributed by atoms with Crippen LogP contribution in [0.2, 0.25) is 0 Å². The molecule has 72 valence electrons. The quantitative estimate of drug-likeness (QED) is 0.652. The molecular weight excluding hydrogens is 154 g/mol. The van der Waals surface area contributed by atoms with Gasteiger partial charge < -0.3 is 9.57 Å². The van der Waals surface area contributed by atoms with Crippen molar-refractivity contribution in [2.75, 3.05) is 19.8 Å². The monoisotopic (exact) mass is 173 g/mol. The fourth-order valence-corrected chi connectivity index (χ4v) is 1.78. The predicted molar refractivity (Wildman–Crippen MR) is 47.5 cm³/mol. The van der Waals surface area contributed by atoms with Crippen LogP contribution >= 0.6 is 0 Å². The molecule has 3 nitrogen and oxygen atoms in total. The van der Waals surface area contributed by atoms with Crippen LogP contribution in [0, 0.1) is 10.8 Å². The highest BCUT2D eigenvalue weighted by Crippen LogP contribution is 2.47. The number of rotatable bonds is 4. The van der Waals surface area contributed by atoms with Gasteiger partial charge in [0.1, 0.15) is 0 Å². The maximum atomic E-state index is 5.27. The van der Waals surface area contributed by atoms with E-state index in [2.05, 4.69) is 20.8 Å². The summed E-state index contributed by atoms with van der Waals surface area (Å²) >= 11 is 0. The van der Waals surface area contributed by atoms with Crippen LogP contribution in [0.25, 0.3) is 0 Å². The van der Waals surface area contributed by atoms with Crippen LogP contribution < -0.4 is 5.90 Å². The van der Waals surface area contributed by atoms with Crippen molar-refractivity contribution >= 4 is 0 Å². The summed E-state index contributed by atoms with van der Waals surface area (Å²) < 4.78 is 5.27. The van der Waals surface area contributed by atoms with E-state index in [1.807, 2.05) is 0 Å². The number of ether oxygens (including phenoxy) is 1. The molecule has 0 aromatic heterocycles. The van der Waals surface area contributed by atoms with Crippen LogP contribution in [-0.4, -0.2) is 19.8 Å². The number of hydrogen-bond acceptors (Lipinski definition) is 3. The molecule has 1 fully saturated rings. The number of hydrogen-bond donors (Lipinski definition) is 1. The van der Waals surface area contributed by atoms with Crippen molar-refractivity contribution < 1.29 is 9.57 Å². The minimum absolute atomic E-state index is 0.120. The Balaban J connectivity index is 2.63. The van der Waals surface area contributed by atoms with Crippen molar-refractivity contribution in [3.05, 3.63) is 0 Å². The van der Waals surface area contributed by atoms with Gasteiger partial charge in [-0.15, -0.1) is 0 Å². The summed E-state index contributed by atoms with van der Waals surface area (Å²) in [6.45, 7) is 8.86. The van der Waals surface area contributed by atoms with Crippen molar-refractivity contribution in [3.63, 3.8) is 0 Å². The van der Waals surface area contributed by atoms with Crippen molar-refractivity contribution in [1.82, 2.24) is 0 Å². The SMILES string of the molecule is CCC1(C(C)(C)CON)COC1. The molecule has 0 unspecified atom stereocenters. The van der Waals surface area contributed by atoms with Crippen molar-refractivity contribution in [2.24, 2.45) is 16.7 Å². The highest BCUT2D eigenvalue weighted by atomic mass is 16.6. The zero-order chi connectivity index (χ0) is 9.24. The van der Waals surface area contributed by atoms with Gasteiger partial charge >= 0.3 is 0 Å². The highest BCUT2D eigenvalue weighted by Gasteiger charge is 2.49. The van der Waals surface area contributed by atoms with Gasteiger partial charge in [-0.2, -0.15) is 0 Å². The van der Waals surface area contributed by atoms with E-state index in [0.717, 1.165) is 19.6 Å². The summed E-state index contributed by atoms with van der Waals surface area (Å²) in [6, 6.07) is 0. The maximum Gasteiger partial charge on any atom is 0.0737 e. The van der Waals surface area contributed by atoms with Gasteiger partial charge in [0, 0.05) is 10.8 Å². The molecule has 0 atom stereocenters. The molecule has 2 N–H and O–H groups in total. The first-order valence-corrected chi connectivity index (χ1v) is 4.47. The molecule has 0 radical (unpaired) electrons. The van der Waals surface area contributed by atoms with Crippen LogP contribution in [0.5, 0.6) is 0 Å². The molecule has 0 spiro atoms. The molecule has 0 bridgehead atoms. The summed E-state index contributed by atoms with van der Waals surface area (Å²) in [7, 11) is 0. The van der Waals surface area contributed by atoms with Crippen molar-refractivity contribution in [3.8, 4) is 0 Å². The standard InChI is InChI=1S/C9H19NO2/c1-4-9(6-11-7-9)8(2,3)5-12-10/h4-7,10H2,1-3H3. The molecule has 1 heterocycles. The van der Waals surface area contributed by atoms with E-state index in [1.165, 1.54) is 0 Å². The molecule has 0 aliphatic carbocycles. The average molecular weight is 173 g/mol. The lowest BCUT2D eigenvalue weighted by Gasteiger charge is -2.51. The Hall–Kier alpha value is -0.120. The van der Waals surface area contributed by atoms with E-state index in [0.29, 0.717) is 6.61 Å². The van der Waals surface area contributed by atoms with Crippen LogP contribution in [0.1, 0.15) is 27.2 Å². The van der Waals surface area contributed by atoms with Crippen LogP contribution in [0.15, 0.2) is 0 Å². The Morgan fingerprint density at radius 2 is 2.08 bits per heavy atom. The highest BCUT2D eigenvalue weighted by molar-refractivity contribution is 4.96. The zero-order valence-corrected chi connectivity index (χ0v) is 8.22. The Morgan fingerprint density at radius 1 is 1.50 bits per heavy atom. The number of nitrogens with two attached hydrogens (primary N) is 1. The fourth-order valence-electron chi connectivity index (χ4n) is 1.78. The average Bonchev–Trinajstić information content (AvgIpc) is 1.84. The summed E-state index contributed by atoms with van der Waals surface area (Å²) in [5.41, 5.74) is 0.404. The molecule has 0 aromatic carbocycles. The largest absolute Gasteiger partial charge is 0.380 e. The molecule has 0 amide bonds. The van der Waals surface area contributed by atoms with Gasteiger partial charge in [0.15, 0.2) is 0 Å². The second-order valence-corrected chi connectivity index (χ2v) is 4.32. The van der Waals surface area contributed by atoms with Gasteiger partial charge in [-0.25, -0.2) is 5.90 Å². The molecule has 0 aromatic rings. The van der Waals surface area contributed by atoms with Crippen LogP contribution in [-0.2, 0) is 9.57 Å². The first-order chi connectivity index (χ1) is 5.58. The Kier molecular flexibility index (Phi) is 2.76. The van der Waals surface area contributed by atoms with E-state index >= 15 is 0 Å². The van der Waals surface area contributed by atoms with E-state index in [1.54, 1.807) is 0 Å². The normalized spacial score (nSPS) is 22.0. The minimum atomic E-state index is 0.120. The van der Waals surface area contributed by atoms with Gasteiger partial charge in [-0.1, -0.05) is 20.8 Å². The van der Waals surface area contributed by atoms with Crippen LogP contribution in [0.4, 0.5) is 0 Å². The van der Waals surface area contributed by atoms with E-state index in [-0.39, 0.29) is 10.8 Å². The molecule has 0 saturated carbocycles. The lowest BCUT2D eigenvalue weighted by molar-refractivity contribution is -0.193. The molecule has 1 aliphatic rings. The fraction of sp³-hybridized carbons (Fsp3) is 1.00. The van der Waals surface area contributed by atoms with E-state index < -0.39 is 0 Å². The van der Waals surface area contributed by atoms with E-state index in [9.17, 15) is 0 Å². The van der Waals surface area contributed by atoms with Gasteiger partial charge in [-0.3, -0.25) is 0 Å². The van der Waals surface area contributed by atoms with Gasteiger partial charge in [0.05, 0.1) is 19.8 Å². The van der Waals surface area contributed by atoms with Gasteiger partial charge in [0.2, 0.25) is 0 Å². The Labute approximate surface area is 74.2 Å². The zero-order valence-electron chi connectivity index (χ0n) is 8.22. The third-order valence-electron chi connectivity index (χ3n) is 3.31. The molecule has 3 heteroatoms. The second-order valence-electron chi connectivity index (χ2n) is 4.32. The topological polar surface area (TPSA) is 44.5 Å². The molecule has 1 rings (SSSR count). The molecule has 1 aliphatic heterocycles. The smallest absolute Gasteiger partial charge is 0.0737 e. The second kappa shape index (κ2) is 3.32. The summed E-state index contributed by atoms with van der Waals surface area (Å²) in [6.07, 6.45) is 1.13. The lowest BCUT2D eigenvalue weighted by Crippen LogP contribution is -2.54. The van der Waals surface area contributed by atoms with Crippen molar-refractivity contribution in [1.29, 1.82) is 0 Å². The third kappa shape index (κ3) is 1.37. The van der Waals surface area contributed by atoms with E-state index in [4.69, 9.17) is 15.5 Å². The molecule has 1 saturated heterocycles. The minimum Gasteiger partial charge on any atom is -0.380 e. The Morgan fingerprint density at radius 3 is 2.33 bits per heavy atom. The van der Waals surface area contributed by atoms with Crippen LogP contribution in [0.3, 0.4) is 0 Å². The predicted octanol–water partition coefficient (Wildman–Crippen LogP) is 1.33. The summed E-state index contributed by atoms with van der Waals surface area (Å²) in [4.78, 5) is 4.73. The summed E-state index contributed by atoms with van der Waals surface area (Å²) in [5.74, 6) is 5.10. The van der Waals surface area contributed by atoms with Gasteiger partial charge in [-0.05, 0) is 6.42 Å². The first-order valence-electron chi connectivity index (χ1n) is 4.47. The van der Waals surface area contributed by atoms with Gasteiger partial charge in [0.25, 0.3) is 0 Å². The summed E-state index contributed by atoms with van der Waals surface area (Å²) in [5, 5.41) is 0. The third-order valence-corrected chi connectivity index (χ3v) is 3.31. The molecular formula is C9H19NO2.